The van der Waals surface area contributed by atoms with Gasteiger partial charge in [-0.2, -0.15) is 0 Å². The maximum absolute atomic E-state index is 12.4. The standard InChI is InChI=1S/C17H17N3OS.C9H7BrS/c21-17(13-2-3-14-15(8-13)20-10-19-14)18-9-11-1-4-16-12(7-11)5-6-22-16;10-6-7-1-2-9-8(5-7)3-4-11-9/h1,4-7,10,13H,2-3,8-9H2,(H,18,21)(H,19,20);1-5H,6H2. The number of carbonyl (C=O) groups excluding carboxylic acids is 1. The highest BCUT2D eigenvalue weighted by Gasteiger charge is 2.25. The molecule has 0 saturated heterocycles. The van der Waals surface area contributed by atoms with Crippen molar-refractivity contribution in [2.75, 3.05) is 0 Å². The highest BCUT2D eigenvalue weighted by Crippen LogP contribution is 2.24. The molecule has 5 aromatic rings. The van der Waals surface area contributed by atoms with Crippen LogP contribution in [-0.4, -0.2) is 15.9 Å². The number of thiophene rings is 2. The summed E-state index contributed by atoms with van der Waals surface area (Å²) in [7, 11) is 0. The molecule has 0 spiro atoms. The quantitative estimate of drug-likeness (QED) is 0.246. The van der Waals surface area contributed by atoms with Crippen LogP contribution in [0.1, 0.15) is 28.9 Å². The lowest BCUT2D eigenvalue weighted by molar-refractivity contribution is -0.125. The van der Waals surface area contributed by atoms with Gasteiger partial charge in [-0.05, 0) is 81.9 Å². The number of halogens is 1. The van der Waals surface area contributed by atoms with Crippen molar-refractivity contribution in [3.05, 3.63) is 88.1 Å². The SMILES string of the molecule is BrCc1ccc2sccc2c1.O=C(NCc1ccc2sccc2c1)C1CCc2nc[nH]c2C1. The van der Waals surface area contributed by atoms with Crippen LogP contribution in [0.2, 0.25) is 0 Å². The Morgan fingerprint density at radius 3 is 2.45 bits per heavy atom. The summed E-state index contributed by atoms with van der Waals surface area (Å²) in [6.45, 7) is 0.594. The number of amides is 1. The summed E-state index contributed by atoms with van der Waals surface area (Å²) >= 11 is 6.97. The Bertz CT molecular complexity index is 1390. The Hall–Kier alpha value is -2.48. The molecule has 4 nitrogen and oxygen atoms in total. The molecular weight excluding hydrogens is 514 g/mol. The third-order valence-electron chi connectivity index (χ3n) is 6.01. The minimum atomic E-state index is 0.0535. The summed E-state index contributed by atoms with van der Waals surface area (Å²) in [4.78, 5) is 19.8. The lowest BCUT2D eigenvalue weighted by atomic mass is 9.89. The maximum atomic E-state index is 12.4. The number of aromatic amines is 1. The van der Waals surface area contributed by atoms with E-state index in [0.717, 1.165) is 41.5 Å². The van der Waals surface area contributed by atoms with Crippen LogP contribution in [0.15, 0.2) is 65.6 Å². The van der Waals surface area contributed by atoms with Crippen molar-refractivity contribution in [3.63, 3.8) is 0 Å². The van der Waals surface area contributed by atoms with Gasteiger partial charge in [0.1, 0.15) is 0 Å². The maximum Gasteiger partial charge on any atom is 0.223 e. The van der Waals surface area contributed by atoms with Crippen LogP contribution < -0.4 is 5.32 Å². The van der Waals surface area contributed by atoms with E-state index in [-0.39, 0.29) is 11.8 Å². The summed E-state index contributed by atoms with van der Waals surface area (Å²) in [5.41, 5.74) is 4.73. The van der Waals surface area contributed by atoms with Crippen molar-refractivity contribution in [2.45, 2.75) is 31.1 Å². The van der Waals surface area contributed by atoms with Gasteiger partial charge in [0.2, 0.25) is 5.91 Å². The van der Waals surface area contributed by atoms with Gasteiger partial charge in [-0.25, -0.2) is 4.98 Å². The molecule has 6 rings (SSSR count). The van der Waals surface area contributed by atoms with Crippen LogP contribution in [0, 0.1) is 5.92 Å². The summed E-state index contributed by atoms with van der Waals surface area (Å²) in [6.07, 6.45) is 4.26. The number of hydrogen-bond acceptors (Lipinski definition) is 4. The molecule has 0 fully saturated rings. The van der Waals surface area contributed by atoms with E-state index in [0.29, 0.717) is 6.54 Å². The van der Waals surface area contributed by atoms with Gasteiger partial charge in [0.25, 0.3) is 0 Å². The van der Waals surface area contributed by atoms with Crippen LogP contribution in [-0.2, 0) is 29.5 Å². The van der Waals surface area contributed by atoms with Gasteiger partial charge in [-0.3, -0.25) is 4.79 Å². The highest BCUT2D eigenvalue weighted by molar-refractivity contribution is 9.08. The largest absolute Gasteiger partial charge is 0.352 e. The number of aryl methyl sites for hydroxylation is 1. The monoisotopic (exact) mass is 537 g/mol. The number of hydrogen-bond donors (Lipinski definition) is 2. The van der Waals surface area contributed by atoms with Crippen molar-refractivity contribution in [3.8, 4) is 0 Å². The molecule has 1 unspecified atom stereocenters. The Kier molecular flexibility index (Phi) is 6.90. The first-order valence-electron chi connectivity index (χ1n) is 11.0. The Morgan fingerprint density at radius 1 is 1.03 bits per heavy atom. The van der Waals surface area contributed by atoms with Crippen molar-refractivity contribution >= 4 is 64.7 Å². The smallest absolute Gasteiger partial charge is 0.223 e. The first kappa shape index (κ1) is 22.3. The van der Waals surface area contributed by atoms with Gasteiger partial charge in [-0.1, -0.05) is 28.1 Å². The fraction of sp³-hybridized carbons (Fsp3) is 0.231. The number of benzene rings is 2. The van der Waals surface area contributed by atoms with Crippen molar-refractivity contribution in [1.82, 2.24) is 15.3 Å². The van der Waals surface area contributed by atoms with E-state index in [1.807, 2.05) is 0 Å². The van der Waals surface area contributed by atoms with Crippen LogP contribution in [0.5, 0.6) is 0 Å². The highest BCUT2D eigenvalue weighted by atomic mass is 79.9. The molecule has 3 heterocycles. The fourth-order valence-corrected chi connectivity index (χ4v) is 6.07. The fourth-order valence-electron chi connectivity index (χ4n) is 4.18. The van der Waals surface area contributed by atoms with Gasteiger partial charge in [0.05, 0.1) is 12.0 Å². The van der Waals surface area contributed by atoms with Crippen molar-refractivity contribution < 1.29 is 4.79 Å². The summed E-state index contributed by atoms with van der Waals surface area (Å²) in [6, 6.07) is 17.2. The minimum Gasteiger partial charge on any atom is -0.352 e. The molecule has 0 radical (unpaired) electrons. The van der Waals surface area contributed by atoms with E-state index in [1.54, 1.807) is 29.0 Å². The molecule has 1 aliphatic rings. The molecule has 33 heavy (non-hydrogen) atoms. The van der Waals surface area contributed by atoms with Crippen molar-refractivity contribution in [2.24, 2.45) is 5.92 Å². The lowest BCUT2D eigenvalue weighted by Gasteiger charge is -2.20. The molecule has 7 heteroatoms. The van der Waals surface area contributed by atoms with Gasteiger partial charge in [0.15, 0.2) is 0 Å². The van der Waals surface area contributed by atoms with E-state index >= 15 is 0 Å². The topological polar surface area (TPSA) is 57.8 Å². The number of aromatic nitrogens is 2. The number of nitrogens with zero attached hydrogens (tertiary/aromatic N) is 1. The predicted molar refractivity (Wildman–Crippen MR) is 142 cm³/mol. The zero-order chi connectivity index (χ0) is 22.6. The Morgan fingerprint density at radius 2 is 1.73 bits per heavy atom. The van der Waals surface area contributed by atoms with E-state index in [1.165, 1.54) is 25.7 Å². The predicted octanol–water partition coefficient (Wildman–Crippen LogP) is 6.84. The number of H-pyrrole nitrogens is 1. The molecule has 3 aromatic heterocycles. The normalized spacial score (nSPS) is 15.1. The second kappa shape index (κ2) is 10.2. The molecular formula is C26H24BrN3OS2. The summed E-state index contributed by atoms with van der Waals surface area (Å²) < 4.78 is 2.66. The van der Waals surface area contributed by atoms with Crippen molar-refractivity contribution in [1.29, 1.82) is 0 Å². The van der Waals surface area contributed by atoms with E-state index in [2.05, 4.69) is 90.5 Å². The molecule has 2 N–H and O–H groups in total. The Balaban J connectivity index is 0.000000174. The number of rotatable bonds is 4. The Labute approximate surface area is 209 Å². The third kappa shape index (κ3) is 5.21. The molecule has 0 aliphatic heterocycles. The number of fused-ring (bicyclic) bond motifs is 3. The molecule has 0 saturated carbocycles. The number of carbonyl (C=O) groups is 1. The van der Waals surface area contributed by atoms with E-state index in [9.17, 15) is 4.79 Å². The molecule has 2 aromatic carbocycles. The van der Waals surface area contributed by atoms with Gasteiger partial charge >= 0.3 is 0 Å². The lowest BCUT2D eigenvalue weighted by Crippen LogP contribution is -2.33. The molecule has 1 amide bonds. The van der Waals surface area contributed by atoms with Crippen LogP contribution in [0.3, 0.4) is 0 Å². The molecule has 1 atom stereocenters. The zero-order valence-corrected chi connectivity index (χ0v) is 21.2. The van der Waals surface area contributed by atoms with Gasteiger partial charge in [0, 0.05) is 39.3 Å². The second-order valence-electron chi connectivity index (χ2n) is 8.20. The van der Waals surface area contributed by atoms with Crippen LogP contribution in [0.25, 0.3) is 20.2 Å². The van der Waals surface area contributed by atoms with Gasteiger partial charge < -0.3 is 10.3 Å². The first-order valence-corrected chi connectivity index (χ1v) is 13.8. The number of imidazole rings is 1. The number of alkyl halides is 1. The molecule has 168 valence electrons. The second-order valence-corrected chi connectivity index (χ2v) is 10.7. The van der Waals surface area contributed by atoms with E-state index in [4.69, 9.17) is 0 Å². The average molecular weight is 539 g/mol. The minimum absolute atomic E-state index is 0.0535. The third-order valence-corrected chi connectivity index (χ3v) is 8.46. The number of nitrogens with one attached hydrogen (secondary N) is 2. The van der Waals surface area contributed by atoms with E-state index < -0.39 is 0 Å². The van der Waals surface area contributed by atoms with Crippen LogP contribution >= 0.6 is 38.6 Å². The zero-order valence-electron chi connectivity index (χ0n) is 18.0. The average Bonchev–Trinajstić information content (AvgIpc) is 3.61. The summed E-state index contributed by atoms with van der Waals surface area (Å²) in [5.74, 6) is 0.198. The molecule has 1 aliphatic carbocycles. The van der Waals surface area contributed by atoms with Crippen LogP contribution in [0.4, 0.5) is 0 Å². The summed E-state index contributed by atoms with van der Waals surface area (Å²) in [5, 5.41) is 10.8. The first-order chi connectivity index (χ1) is 16.2. The molecule has 0 bridgehead atoms. The van der Waals surface area contributed by atoms with Gasteiger partial charge in [-0.15, -0.1) is 22.7 Å².